The Bertz CT molecular complexity index is 2100. The van der Waals surface area contributed by atoms with Gasteiger partial charge in [0.25, 0.3) is 0 Å². The number of hydrogen-bond acceptors (Lipinski definition) is 5. The summed E-state index contributed by atoms with van der Waals surface area (Å²) in [5, 5.41) is 24.9. The first kappa shape index (κ1) is 70.3. The Morgan fingerprint density at radius 3 is 1.19 bits per heavy atom. The number of carboxylic acids is 1. The van der Waals surface area contributed by atoms with Gasteiger partial charge in [0.05, 0.1) is 63.9 Å². The zero-order valence-electron chi connectivity index (χ0n) is 48.4. The van der Waals surface area contributed by atoms with Gasteiger partial charge in [0, 0.05) is 29.2 Å². The van der Waals surface area contributed by atoms with Crippen molar-refractivity contribution in [3.8, 4) is 28.2 Å². The molecular weight excluding hydrogens is 1380 g/mol. The van der Waals surface area contributed by atoms with Gasteiger partial charge in [-0.25, -0.2) is 0 Å². The maximum absolute atomic E-state index is 12.5. The lowest BCUT2D eigenvalue weighted by molar-refractivity contribution is -0.890. The Morgan fingerprint density at radius 2 is 0.827 bits per heavy atom. The molecule has 2 aromatic rings. The van der Waals surface area contributed by atoms with Crippen LogP contribution in [0.3, 0.4) is 0 Å². The molecule has 0 saturated carbocycles. The quantitative estimate of drug-likeness (QED) is 0.0193. The molecule has 1 heterocycles. The van der Waals surface area contributed by atoms with Crippen molar-refractivity contribution >= 4 is 107 Å². The molecule has 0 bridgehead atoms. The molecule has 0 amide bonds. The van der Waals surface area contributed by atoms with Crippen LogP contribution in [0.1, 0.15) is 244 Å². The van der Waals surface area contributed by atoms with Crippen LogP contribution in [0.4, 0.5) is 0 Å². The van der Waals surface area contributed by atoms with Gasteiger partial charge in [-0.05, 0) is 159 Å². The minimum absolute atomic E-state index is 0.0220. The van der Waals surface area contributed by atoms with E-state index in [1.54, 1.807) is 30.3 Å². The van der Waals surface area contributed by atoms with E-state index in [9.17, 15) is 19.8 Å². The van der Waals surface area contributed by atoms with E-state index in [2.05, 4.69) is 55.9 Å². The van der Waals surface area contributed by atoms with Crippen LogP contribution < -0.4 is 15.6 Å². The van der Waals surface area contributed by atoms with Crippen molar-refractivity contribution in [2.45, 2.75) is 233 Å². The molecule has 0 fully saturated rings. The molecule has 0 aromatic heterocycles. The number of carbonyl (C=O) groups excluding carboxylic acids is 1. The summed E-state index contributed by atoms with van der Waals surface area (Å²) in [6, 6.07) is 9.90. The van der Waals surface area contributed by atoms with E-state index in [1.807, 2.05) is 90.4 Å². The number of unbranched alkanes of at least 4 members (excludes halogenated alkanes) is 28. The average molecular weight is 1490 g/mol. The van der Waals surface area contributed by atoms with Gasteiger partial charge < -0.3 is 28.4 Å². The molecule has 0 spiro atoms. The molecule has 426 valence electrons. The van der Waals surface area contributed by atoms with Crippen LogP contribution in [0.25, 0.3) is 33.4 Å². The van der Waals surface area contributed by atoms with E-state index < -0.39 is 5.97 Å². The van der Waals surface area contributed by atoms with Gasteiger partial charge in [0.2, 0.25) is 5.43 Å². The van der Waals surface area contributed by atoms with Gasteiger partial charge in [-0.2, -0.15) is 0 Å². The van der Waals surface area contributed by atoms with Gasteiger partial charge in [-0.1, -0.05) is 212 Å². The zero-order valence-corrected chi connectivity index (χ0v) is 57.0. The Morgan fingerprint density at radius 1 is 0.480 bits per heavy atom. The Labute approximate surface area is 512 Å². The highest BCUT2D eigenvalue weighted by Gasteiger charge is 2.26. The lowest BCUT2D eigenvalue weighted by Crippen LogP contribution is -2.41. The van der Waals surface area contributed by atoms with Gasteiger partial charge in [0.1, 0.15) is 9.15 Å². The minimum atomic E-state index is -1.31. The minimum Gasteiger partial charge on any atom is -0.871 e. The second-order valence-corrected chi connectivity index (χ2v) is 27.2. The summed E-state index contributed by atoms with van der Waals surface area (Å²) in [4.78, 5) is 24.3. The lowest BCUT2D eigenvalue weighted by Gasteiger charge is -2.30. The fraction of sp³-hybridized carbons (Fsp3) is 0.688. The maximum atomic E-state index is 12.5. The molecular formula is C64H102I4N2O5. The molecule has 4 rings (SSSR count). The third-order valence-electron chi connectivity index (χ3n) is 14.9. The number of rotatable bonds is 38. The summed E-state index contributed by atoms with van der Waals surface area (Å²) in [6.45, 7) is 14.7. The summed E-state index contributed by atoms with van der Waals surface area (Å²) < 4.78 is 10.3. The number of quaternary nitrogens is 2. The predicted molar refractivity (Wildman–Crippen MR) is 353 cm³/mol. The van der Waals surface area contributed by atoms with Gasteiger partial charge >= 0.3 is 0 Å². The van der Waals surface area contributed by atoms with Crippen LogP contribution in [-0.2, 0) is 0 Å². The van der Waals surface area contributed by atoms with Crippen LogP contribution >= 0.6 is 90.4 Å². The first-order valence-corrected chi connectivity index (χ1v) is 34.2. The zero-order chi connectivity index (χ0) is 55.5. The van der Waals surface area contributed by atoms with Crippen LogP contribution in [0.5, 0.6) is 5.75 Å². The van der Waals surface area contributed by atoms with Crippen molar-refractivity contribution in [3.05, 3.63) is 66.5 Å². The number of benzene rings is 3. The Balaban J connectivity index is 0.000000391. The van der Waals surface area contributed by atoms with Crippen LogP contribution in [0, 0.1) is 14.3 Å². The van der Waals surface area contributed by atoms with Crippen LogP contribution in [0.15, 0.2) is 45.6 Å². The number of aromatic carboxylic acids is 1. The Hall–Kier alpha value is -0.760. The third-order valence-corrected chi connectivity index (χ3v) is 18.5. The molecule has 11 heteroatoms. The SMILES string of the molecule is CCCCCCCCCC[N+](C)(C)CCCCCCCCCC.CCCCCCCCCC[N+](C)(C)CCCCCCCCCC.O=C([O-])c1ccccc1-c1c2cc(I)c(=O)c(I)c-2oc2c(I)c([O-])c(I)cc12. The average Bonchev–Trinajstić information content (AvgIpc) is 3.38. The predicted octanol–water partition coefficient (Wildman–Crippen LogP) is 19.1. The van der Waals surface area contributed by atoms with Crippen molar-refractivity contribution in [2.75, 3.05) is 54.4 Å². The molecule has 0 saturated heterocycles. The summed E-state index contributed by atoms with van der Waals surface area (Å²) in [5.41, 5.74) is 1.80. The second-order valence-electron chi connectivity index (χ2n) is 22.7. The highest BCUT2D eigenvalue weighted by Crippen LogP contribution is 2.46. The van der Waals surface area contributed by atoms with Crippen molar-refractivity contribution in [1.82, 2.24) is 0 Å². The molecule has 2 aromatic carbocycles. The fourth-order valence-corrected chi connectivity index (χ4v) is 13.7. The summed E-state index contributed by atoms with van der Waals surface area (Å²) in [7, 11) is 9.73. The molecule has 7 nitrogen and oxygen atoms in total. The number of hydrogen-bond donors (Lipinski definition) is 0. The first-order valence-electron chi connectivity index (χ1n) is 29.8. The van der Waals surface area contributed by atoms with Gasteiger partial charge in [0.15, 0.2) is 5.76 Å². The second kappa shape index (κ2) is 41.3. The molecule has 75 heavy (non-hydrogen) atoms. The van der Waals surface area contributed by atoms with Gasteiger partial charge in [-0.3, -0.25) is 4.79 Å². The number of halogens is 4. The van der Waals surface area contributed by atoms with Crippen molar-refractivity contribution in [1.29, 1.82) is 0 Å². The summed E-state index contributed by atoms with van der Waals surface area (Å²) in [6.07, 6.45) is 46.1. The van der Waals surface area contributed by atoms with E-state index in [1.165, 1.54) is 247 Å². The van der Waals surface area contributed by atoms with E-state index in [4.69, 9.17) is 4.42 Å². The van der Waals surface area contributed by atoms with E-state index in [0.717, 1.165) is 0 Å². The normalized spacial score (nSPS) is 11.7. The van der Waals surface area contributed by atoms with Crippen LogP contribution in [0.2, 0.25) is 0 Å². The molecule has 0 radical (unpaired) electrons. The van der Waals surface area contributed by atoms with Gasteiger partial charge in [-0.15, -0.1) is 0 Å². The molecule has 2 aliphatic rings. The standard InChI is InChI=1S/2C22H48N.C20H8I4O5/c2*1-5-7-9-11-13-15-17-19-21-23(3,4)22-20-18-16-14-12-10-8-6-2;21-11-5-9-13(7-3-1-2-4-8(7)20(27)28)10-6-12(22)17(26)15(24)19(10)29-18(9)14(23)16(11)25/h2*5-22H2,1-4H3;1-6,25H,(H,27,28)/q2*+1;/p-2. The number of nitrogens with zero attached hydrogens (tertiary/aromatic N) is 2. The number of carbonyl (C=O) groups is 1. The summed E-state index contributed by atoms with van der Waals surface area (Å²) >= 11 is 7.76. The van der Waals surface area contributed by atoms with E-state index >= 15 is 0 Å². The summed E-state index contributed by atoms with van der Waals surface area (Å²) in [5.74, 6) is -1.16. The van der Waals surface area contributed by atoms with E-state index in [0.29, 0.717) is 47.7 Å². The van der Waals surface area contributed by atoms with Crippen molar-refractivity contribution in [3.63, 3.8) is 0 Å². The van der Waals surface area contributed by atoms with Crippen molar-refractivity contribution < 1.29 is 28.4 Å². The molecule has 0 unspecified atom stereocenters. The highest BCUT2D eigenvalue weighted by molar-refractivity contribution is 14.1. The lowest BCUT2D eigenvalue weighted by atomic mass is 9.91. The topological polar surface area (TPSA) is 93.4 Å². The largest absolute Gasteiger partial charge is 0.871 e. The third kappa shape index (κ3) is 28.5. The molecule has 0 N–H and O–H groups in total. The monoisotopic (exact) mass is 1490 g/mol. The number of fused-ring (bicyclic) bond motifs is 2. The molecule has 1 aliphatic heterocycles. The maximum Gasteiger partial charge on any atom is 0.209 e. The van der Waals surface area contributed by atoms with Crippen molar-refractivity contribution in [2.24, 2.45) is 0 Å². The fourth-order valence-electron chi connectivity index (χ4n) is 10.1. The highest BCUT2D eigenvalue weighted by atomic mass is 127. The van der Waals surface area contributed by atoms with E-state index in [-0.39, 0.29) is 16.7 Å². The molecule has 1 aliphatic carbocycles. The van der Waals surface area contributed by atoms with Crippen LogP contribution in [-0.4, -0.2) is 69.3 Å². The first-order chi connectivity index (χ1) is 36.0. The smallest absolute Gasteiger partial charge is 0.209 e. The Kier molecular flexibility index (Phi) is 38.7. The number of carboxylic acid groups (broad SMARTS) is 1. The molecule has 0 atom stereocenters.